The number of hydrogen-bond donors (Lipinski definition) is 3. The molecule has 3 N–H and O–H groups in total. The highest BCUT2D eigenvalue weighted by atomic mass is 16.3. The molecule has 3 nitrogen and oxygen atoms in total. The smallest absolute Gasteiger partial charge is 0.123 e. The van der Waals surface area contributed by atoms with Crippen LogP contribution in [0.1, 0.15) is 182 Å². The molecule has 0 aliphatic heterocycles. The lowest BCUT2D eigenvalue weighted by atomic mass is 9.74. The highest BCUT2D eigenvalue weighted by Crippen LogP contribution is 2.47. The lowest BCUT2D eigenvalue weighted by Gasteiger charge is -2.31. The number of hydrogen-bond acceptors (Lipinski definition) is 3. The normalized spacial score (nSPS) is 13.4. The van der Waals surface area contributed by atoms with Gasteiger partial charge in [0.15, 0.2) is 0 Å². The predicted octanol–water partition coefficient (Wildman–Crippen LogP) is 12.4. The Morgan fingerprint density at radius 2 is 0.766 bits per heavy atom. The van der Waals surface area contributed by atoms with E-state index in [1.54, 1.807) is 6.07 Å². The quantitative estimate of drug-likeness (QED) is 0.260. The minimum Gasteiger partial charge on any atom is -0.508 e. The van der Waals surface area contributed by atoms with Gasteiger partial charge in [-0.15, -0.1) is 0 Å². The Morgan fingerprint density at radius 1 is 0.426 bits per heavy atom. The van der Waals surface area contributed by atoms with E-state index in [1.165, 1.54) is 16.7 Å². The van der Waals surface area contributed by atoms with Gasteiger partial charge in [-0.25, -0.2) is 0 Å². The Balaban J connectivity index is 0.000000427. The monoisotopic (exact) mass is 645 g/mol. The van der Waals surface area contributed by atoms with Crippen LogP contribution in [0.2, 0.25) is 0 Å². The number of rotatable bonds is 2. The van der Waals surface area contributed by atoms with Gasteiger partial charge in [0.1, 0.15) is 17.2 Å². The van der Waals surface area contributed by atoms with Crippen molar-refractivity contribution in [3.63, 3.8) is 0 Å². The molecule has 3 rings (SSSR count). The summed E-state index contributed by atoms with van der Waals surface area (Å²) in [5, 5.41) is 32.8. The maximum atomic E-state index is 11.4. The van der Waals surface area contributed by atoms with E-state index in [0.29, 0.717) is 17.2 Å². The maximum Gasteiger partial charge on any atom is 0.123 e. The molecule has 0 heterocycles. The van der Waals surface area contributed by atoms with Crippen molar-refractivity contribution in [3.8, 4) is 17.2 Å². The number of benzene rings is 3. The van der Waals surface area contributed by atoms with Gasteiger partial charge in [0.05, 0.1) is 0 Å². The molecule has 0 radical (unpaired) electrons. The van der Waals surface area contributed by atoms with Crippen molar-refractivity contribution < 1.29 is 15.3 Å². The zero-order valence-corrected chi connectivity index (χ0v) is 33.5. The van der Waals surface area contributed by atoms with Crippen molar-refractivity contribution in [2.75, 3.05) is 0 Å². The van der Waals surface area contributed by atoms with Crippen LogP contribution >= 0.6 is 0 Å². The summed E-state index contributed by atoms with van der Waals surface area (Å²) in [7, 11) is 0. The van der Waals surface area contributed by atoms with Crippen LogP contribution in [-0.2, 0) is 32.5 Å². The molecular formula is C44H68O3. The van der Waals surface area contributed by atoms with Gasteiger partial charge in [-0.05, 0) is 66.4 Å². The van der Waals surface area contributed by atoms with Gasteiger partial charge in [0.25, 0.3) is 0 Å². The van der Waals surface area contributed by atoms with Crippen molar-refractivity contribution in [3.05, 3.63) is 87.0 Å². The third-order valence-corrected chi connectivity index (χ3v) is 9.16. The molecule has 3 aromatic rings. The molecule has 262 valence electrons. The summed E-state index contributed by atoms with van der Waals surface area (Å²) in [5.41, 5.74) is 7.94. The van der Waals surface area contributed by atoms with Gasteiger partial charge in [0, 0.05) is 22.6 Å². The molecule has 0 aliphatic carbocycles. The zero-order valence-electron chi connectivity index (χ0n) is 33.5. The highest BCUT2D eigenvalue weighted by Gasteiger charge is 2.31. The minimum absolute atomic E-state index is 0.0199. The largest absolute Gasteiger partial charge is 0.508 e. The van der Waals surface area contributed by atoms with E-state index in [9.17, 15) is 15.3 Å². The molecule has 0 spiro atoms. The average molecular weight is 645 g/mol. The lowest BCUT2D eigenvalue weighted by molar-refractivity contribution is 0.427. The first-order chi connectivity index (χ1) is 20.8. The van der Waals surface area contributed by atoms with E-state index in [0.717, 1.165) is 27.8 Å². The molecule has 47 heavy (non-hydrogen) atoms. The van der Waals surface area contributed by atoms with E-state index >= 15 is 0 Å². The Kier molecular flexibility index (Phi) is 11.3. The van der Waals surface area contributed by atoms with Crippen LogP contribution < -0.4 is 0 Å². The van der Waals surface area contributed by atoms with Crippen molar-refractivity contribution in [1.29, 1.82) is 0 Å². The van der Waals surface area contributed by atoms with Crippen LogP contribution in [0.15, 0.2) is 42.5 Å². The van der Waals surface area contributed by atoms with Crippen molar-refractivity contribution in [2.45, 2.75) is 170 Å². The first kappa shape index (κ1) is 40.2. The second-order valence-corrected chi connectivity index (χ2v) is 19.8. The van der Waals surface area contributed by atoms with Crippen LogP contribution in [-0.4, -0.2) is 15.3 Å². The molecule has 0 amide bonds. The fourth-order valence-electron chi connectivity index (χ4n) is 6.10. The highest BCUT2D eigenvalue weighted by molar-refractivity contribution is 5.57. The van der Waals surface area contributed by atoms with Crippen LogP contribution in [0.4, 0.5) is 0 Å². The predicted molar refractivity (Wildman–Crippen MR) is 204 cm³/mol. The average Bonchev–Trinajstić information content (AvgIpc) is 2.84. The van der Waals surface area contributed by atoms with Crippen LogP contribution in [0, 0.1) is 0 Å². The molecule has 3 aromatic carbocycles. The molecule has 3 heteroatoms. The van der Waals surface area contributed by atoms with Crippen molar-refractivity contribution in [2.24, 2.45) is 0 Å². The van der Waals surface area contributed by atoms with Crippen molar-refractivity contribution >= 4 is 0 Å². The molecule has 0 fully saturated rings. The lowest BCUT2D eigenvalue weighted by Crippen LogP contribution is -2.21. The molecule has 0 aromatic heterocycles. The van der Waals surface area contributed by atoms with Crippen LogP contribution in [0.25, 0.3) is 0 Å². The summed E-state index contributed by atoms with van der Waals surface area (Å²) in [4.78, 5) is 0. The van der Waals surface area contributed by atoms with Gasteiger partial charge < -0.3 is 15.3 Å². The summed E-state index contributed by atoms with van der Waals surface area (Å²) in [6.07, 6.45) is 0. The third kappa shape index (κ3) is 9.58. The van der Waals surface area contributed by atoms with E-state index in [-0.39, 0.29) is 38.4 Å². The molecule has 0 atom stereocenters. The Bertz CT molecular complexity index is 1470. The fraction of sp³-hybridized carbons (Fsp3) is 0.591. The number of phenols is 3. The summed E-state index contributed by atoms with van der Waals surface area (Å²) in [6, 6.07) is 14.4. The van der Waals surface area contributed by atoms with Crippen LogP contribution in [0.3, 0.4) is 0 Å². The summed E-state index contributed by atoms with van der Waals surface area (Å²) in [5.74, 6) is 0.948. The first-order valence-electron chi connectivity index (χ1n) is 17.4. The standard InChI is InChI=1S/C30H46O2.C14H22O/c1-18(21-14-19(27(2,3)4)16-23(25(21)31)29(8,9)10)22-15-20(28(5,6)7)17-24(26(22)32)30(11,12)13;1-13(2,3)10-8-7-9-11(15)12(10)14(4,5)6/h14-18,31-32H,1-13H3;7-9,15H,1-6H3. The third-order valence-electron chi connectivity index (χ3n) is 9.16. The Morgan fingerprint density at radius 3 is 1.02 bits per heavy atom. The molecular weight excluding hydrogens is 576 g/mol. The number of aromatic hydroxyl groups is 3. The summed E-state index contributed by atoms with van der Waals surface area (Å²) < 4.78 is 0. The first-order valence-corrected chi connectivity index (χ1v) is 17.4. The Labute approximate surface area is 288 Å². The van der Waals surface area contributed by atoms with Gasteiger partial charge >= 0.3 is 0 Å². The summed E-state index contributed by atoms with van der Waals surface area (Å²) >= 11 is 0. The van der Waals surface area contributed by atoms with E-state index in [2.05, 4.69) is 162 Å². The SMILES string of the molecule is CC(C)(C)c1cccc(O)c1C(C)(C)C.CC(c1cc(C(C)(C)C)cc(C(C)(C)C)c1O)c1cc(C(C)(C)C)cc(C(C)(C)C)c1O. The summed E-state index contributed by atoms with van der Waals surface area (Å²) in [6.45, 7) is 41.1. The second-order valence-electron chi connectivity index (χ2n) is 19.8. The fourth-order valence-corrected chi connectivity index (χ4v) is 6.10. The maximum absolute atomic E-state index is 11.4. The molecule has 0 unspecified atom stereocenters. The van der Waals surface area contributed by atoms with Crippen LogP contribution in [0.5, 0.6) is 17.2 Å². The Hall–Kier alpha value is -2.94. The van der Waals surface area contributed by atoms with Crippen molar-refractivity contribution in [1.82, 2.24) is 0 Å². The number of phenolic OH excluding ortho intramolecular Hbond substituents is 3. The van der Waals surface area contributed by atoms with E-state index < -0.39 is 0 Å². The second kappa shape index (κ2) is 13.2. The van der Waals surface area contributed by atoms with Gasteiger partial charge in [-0.2, -0.15) is 0 Å². The molecule has 0 saturated heterocycles. The van der Waals surface area contributed by atoms with Gasteiger partial charge in [-0.3, -0.25) is 0 Å². The minimum atomic E-state index is -0.189. The van der Waals surface area contributed by atoms with Gasteiger partial charge in [-0.1, -0.05) is 168 Å². The van der Waals surface area contributed by atoms with E-state index in [4.69, 9.17) is 0 Å². The zero-order chi connectivity index (χ0) is 36.9. The topological polar surface area (TPSA) is 60.7 Å². The molecule has 0 saturated carbocycles. The molecule has 0 bridgehead atoms. The van der Waals surface area contributed by atoms with E-state index in [1.807, 2.05) is 6.07 Å². The molecule has 0 aliphatic rings. The van der Waals surface area contributed by atoms with Gasteiger partial charge in [0.2, 0.25) is 0 Å².